The first kappa shape index (κ1) is 26.5. The highest BCUT2D eigenvalue weighted by Crippen LogP contribution is 2.29. The number of fused-ring (bicyclic) bond motifs is 1. The van der Waals surface area contributed by atoms with Gasteiger partial charge in [0.1, 0.15) is 11.6 Å². The molecule has 0 saturated heterocycles. The van der Waals surface area contributed by atoms with Gasteiger partial charge in [-0.05, 0) is 56.5 Å². The Hall–Kier alpha value is -4.13. The molecule has 5 rings (SSSR count). The van der Waals surface area contributed by atoms with Crippen molar-refractivity contribution in [2.24, 2.45) is 0 Å². The van der Waals surface area contributed by atoms with E-state index < -0.39 is 6.04 Å². The van der Waals surface area contributed by atoms with Gasteiger partial charge in [0.25, 0.3) is 5.56 Å². The predicted molar refractivity (Wildman–Crippen MR) is 154 cm³/mol. The zero-order chi connectivity index (χ0) is 27.2. The molecule has 1 saturated carbocycles. The van der Waals surface area contributed by atoms with E-state index in [1.54, 1.807) is 15.5 Å². The average molecular weight is 525 g/mol. The van der Waals surface area contributed by atoms with Crippen molar-refractivity contribution >= 4 is 16.9 Å². The maximum Gasteiger partial charge on any atom is 0.318 e. The monoisotopic (exact) mass is 524 g/mol. The molecule has 1 aromatic heterocycles. The summed E-state index contributed by atoms with van der Waals surface area (Å²) in [4.78, 5) is 34.7. The molecule has 7 heteroatoms. The van der Waals surface area contributed by atoms with Crippen molar-refractivity contribution in [2.45, 2.75) is 64.6 Å². The van der Waals surface area contributed by atoms with E-state index in [0.29, 0.717) is 41.3 Å². The Morgan fingerprint density at radius 3 is 2.46 bits per heavy atom. The molecular weight excluding hydrogens is 488 g/mol. The highest BCUT2D eigenvalue weighted by molar-refractivity contribution is 5.79. The normalized spacial score (nSPS) is 14.6. The minimum atomic E-state index is -0.513. The van der Waals surface area contributed by atoms with Crippen molar-refractivity contribution < 1.29 is 9.53 Å². The summed E-state index contributed by atoms with van der Waals surface area (Å²) >= 11 is 0. The number of hydrogen-bond donors (Lipinski definition) is 1. The standard InChI is InChI=1S/C32H36N4O3/c1-3-39-29-21-13-12-20-28(29)36-30(34-27-19-11-10-18-26(27)31(36)37)23(2)35(22-24-14-6-4-7-15-24)32(38)33-25-16-8-5-9-17-25/h4,6-7,10-15,18-21,23,25H,3,5,8-9,16-17,22H2,1-2H3,(H,33,38). The van der Waals surface area contributed by atoms with Crippen LogP contribution in [0, 0.1) is 0 Å². The molecule has 1 aliphatic rings. The van der Waals surface area contributed by atoms with Crippen molar-refractivity contribution in [3.05, 3.63) is 101 Å². The fraction of sp³-hybridized carbons (Fsp3) is 0.344. The summed E-state index contributed by atoms with van der Waals surface area (Å²) in [5, 5.41) is 3.79. The first-order valence-corrected chi connectivity index (χ1v) is 13.9. The average Bonchev–Trinajstić information content (AvgIpc) is 2.97. The maximum absolute atomic E-state index is 14.0. The van der Waals surface area contributed by atoms with Crippen molar-refractivity contribution in [1.82, 2.24) is 19.8 Å². The molecule has 202 valence electrons. The molecule has 0 radical (unpaired) electrons. The number of rotatable bonds is 8. The quantitative estimate of drug-likeness (QED) is 0.290. The van der Waals surface area contributed by atoms with E-state index >= 15 is 0 Å². The summed E-state index contributed by atoms with van der Waals surface area (Å²) in [7, 11) is 0. The Balaban J connectivity index is 1.64. The molecule has 4 aromatic rings. The Bertz CT molecular complexity index is 1480. The van der Waals surface area contributed by atoms with Crippen LogP contribution in [0.2, 0.25) is 0 Å². The minimum Gasteiger partial charge on any atom is -0.492 e. The summed E-state index contributed by atoms with van der Waals surface area (Å²) in [6.45, 7) is 4.70. The number of carbonyl (C=O) groups is 1. The number of hydrogen-bond acceptors (Lipinski definition) is 4. The summed E-state index contributed by atoms with van der Waals surface area (Å²) < 4.78 is 7.53. The minimum absolute atomic E-state index is 0.148. The van der Waals surface area contributed by atoms with Gasteiger partial charge in [0.05, 0.1) is 29.2 Å². The van der Waals surface area contributed by atoms with Crippen LogP contribution in [-0.4, -0.2) is 33.1 Å². The van der Waals surface area contributed by atoms with Gasteiger partial charge in [-0.3, -0.25) is 9.36 Å². The molecule has 1 atom stereocenters. The van der Waals surface area contributed by atoms with E-state index in [-0.39, 0.29) is 17.6 Å². The highest BCUT2D eigenvalue weighted by atomic mass is 16.5. The maximum atomic E-state index is 14.0. The fourth-order valence-electron chi connectivity index (χ4n) is 5.39. The Labute approximate surface area is 229 Å². The van der Waals surface area contributed by atoms with Crippen LogP contribution in [0.3, 0.4) is 0 Å². The molecule has 3 aromatic carbocycles. The van der Waals surface area contributed by atoms with Crippen LogP contribution >= 0.6 is 0 Å². The van der Waals surface area contributed by atoms with E-state index in [1.165, 1.54) is 6.42 Å². The summed E-state index contributed by atoms with van der Waals surface area (Å²) in [5.74, 6) is 1.08. The zero-order valence-electron chi connectivity index (χ0n) is 22.7. The van der Waals surface area contributed by atoms with Gasteiger partial charge < -0.3 is 15.0 Å². The largest absolute Gasteiger partial charge is 0.492 e. The van der Waals surface area contributed by atoms with Gasteiger partial charge in [0, 0.05) is 12.6 Å². The lowest BCUT2D eigenvalue weighted by atomic mass is 9.96. The smallest absolute Gasteiger partial charge is 0.318 e. The fourth-order valence-corrected chi connectivity index (χ4v) is 5.39. The van der Waals surface area contributed by atoms with E-state index in [1.807, 2.05) is 86.6 Å². The van der Waals surface area contributed by atoms with Crippen LogP contribution in [0.25, 0.3) is 16.6 Å². The van der Waals surface area contributed by atoms with Gasteiger partial charge >= 0.3 is 6.03 Å². The third kappa shape index (κ3) is 5.82. The van der Waals surface area contributed by atoms with Crippen molar-refractivity contribution in [3.8, 4) is 11.4 Å². The second-order valence-corrected chi connectivity index (χ2v) is 10.1. The molecule has 1 heterocycles. The van der Waals surface area contributed by atoms with Crippen LogP contribution in [0.4, 0.5) is 4.79 Å². The molecule has 1 unspecified atom stereocenters. The molecule has 7 nitrogen and oxygen atoms in total. The van der Waals surface area contributed by atoms with E-state index in [0.717, 1.165) is 31.2 Å². The molecule has 0 spiro atoms. The number of carbonyl (C=O) groups excluding carboxylic acids is 1. The number of urea groups is 1. The number of amides is 2. The molecule has 1 aliphatic carbocycles. The zero-order valence-corrected chi connectivity index (χ0v) is 22.7. The van der Waals surface area contributed by atoms with Crippen molar-refractivity contribution in [1.29, 1.82) is 0 Å². The first-order valence-electron chi connectivity index (χ1n) is 13.9. The Kier molecular flexibility index (Phi) is 8.25. The number of benzene rings is 3. The van der Waals surface area contributed by atoms with E-state index in [4.69, 9.17) is 9.72 Å². The third-order valence-electron chi connectivity index (χ3n) is 7.44. The van der Waals surface area contributed by atoms with Gasteiger partial charge in [0.15, 0.2) is 0 Å². The molecule has 0 bridgehead atoms. The Morgan fingerprint density at radius 2 is 1.69 bits per heavy atom. The van der Waals surface area contributed by atoms with Crippen molar-refractivity contribution in [2.75, 3.05) is 6.61 Å². The molecule has 1 N–H and O–H groups in total. The van der Waals surface area contributed by atoms with Gasteiger partial charge in [0.2, 0.25) is 0 Å². The summed E-state index contributed by atoms with van der Waals surface area (Å²) in [6, 6.07) is 24.3. The number of nitrogens with zero attached hydrogens (tertiary/aromatic N) is 3. The lowest BCUT2D eigenvalue weighted by Gasteiger charge is -2.33. The van der Waals surface area contributed by atoms with Gasteiger partial charge in [-0.2, -0.15) is 0 Å². The molecule has 39 heavy (non-hydrogen) atoms. The van der Waals surface area contributed by atoms with Crippen LogP contribution in [0.15, 0.2) is 83.7 Å². The molecule has 1 fully saturated rings. The number of nitrogens with one attached hydrogen (secondary N) is 1. The molecule has 2 amide bonds. The van der Waals surface area contributed by atoms with Crippen LogP contribution < -0.4 is 15.6 Å². The predicted octanol–water partition coefficient (Wildman–Crippen LogP) is 6.39. The number of para-hydroxylation sites is 3. The van der Waals surface area contributed by atoms with Crippen LogP contribution in [0.5, 0.6) is 5.75 Å². The van der Waals surface area contributed by atoms with Crippen LogP contribution in [-0.2, 0) is 6.54 Å². The van der Waals surface area contributed by atoms with Gasteiger partial charge in [-0.15, -0.1) is 0 Å². The number of aromatic nitrogens is 2. The lowest BCUT2D eigenvalue weighted by molar-refractivity contribution is 0.165. The first-order chi connectivity index (χ1) is 19.1. The SMILES string of the molecule is CCOc1ccccc1-n1c(C(C)N(Cc2ccccc2)C(=O)NC2CCCCC2)nc2ccccc2c1=O. The highest BCUT2D eigenvalue weighted by Gasteiger charge is 2.29. The topological polar surface area (TPSA) is 76.5 Å². The lowest BCUT2D eigenvalue weighted by Crippen LogP contribution is -2.47. The second kappa shape index (κ2) is 12.2. The van der Waals surface area contributed by atoms with Gasteiger partial charge in [-0.25, -0.2) is 9.78 Å². The second-order valence-electron chi connectivity index (χ2n) is 10.1. The molecular formula is C32H36N4O3. The molecule has 0 aliphatic heterocycles. The van der Waals surface area contributed by atoms with Crippen molar-refractivity contribution in [3.63, 3.8) is 0 Å². The Morgan fingerprint density at radius 1 is 1.00 bits per heavy atom. The summed E-state index contributed by atoms with van der Waals surface area (Å²) in [6.07, 6.45) is 5.43. The third-order valence-corrected chi connectivity index (χ3v) is 7.44. The van der Waals surface area contributed by atoms with Crippen LogP contribution in [0.1, 0.15) is 63.4 Å². The van der Waals surface area contributed by atoms with E-state index in [9.17, 15) is 9.59 Å². The summed E-state index contributed by atoms with van der Waals surface area (Å²) in [5.41, 5.74) is 2.02. The van der Waals surface area contributed by atoms with E-state index in [2.05, 4.69) is 5.32 Å². The van der Waals surface area contributed by atoms with Gasteiger partial charge in [-0.1, -0.05) is 73.9 Å². The number of ether oxygens (including phenoxy) is 1.